The third kappa shape index (κ3) is 3.79. The van der Waals surface area contributed by atoms with E-state index >= 15 is 0 Å². The van der Waals surface area contributed by atoms with E-state index in [1.54, 1.807) is 12.1 Å². The molecule has 1 fully saturated rings. The molecule has 1 heterocycles. The van der Waals surface area contributed by atoms with Gasteiger partial charge in [0.1, 0.15) is 0 Å². The number of carbonyl (C=O) groups excluding carboxylic acids is 1. The van der Waals surface area contributed by atoms with Gasteiger partial charge in [-0.2, -0.15) is 0 Å². The average molecular weight is 263 g/mol. The predicted molar refractivity (Wildman–Crippen MR) is 68.8 cm³/mol. The van der Waals surface area contributed by atoms with Crippen LogP contribution in [0.5, 0.6) is 0 Å². The van der Waals surface area contributed by atoms with Crippen molar-refractivity contribution in [1.82, 2.24) is 5.32 Å². The summed E-state index contributed by atoms with van der Waals surface area (Å²) in [6, 6.07) is 6.51. The first-order valence-electron chi connectivity index (χ1n) is 6.34. The van der Waals surface area contributed by atoms with Gasteiger partial charge in [-0.3, -0.25) is 4.79 Å². The maximum absolute atomic E-state index is 11.9. The minimum absolute atomic E-state index is 0.0343. The number of nitrogens with one attached hydrogen (secondary N) is 1. The number of ether oxygens (including phenoxy) is 1. The van der Waals surface area contributed by atoms with Crippen molar-refractivity contribution >= 4 is 11.9 Å². The number of aromatic carboxylic acids is 1. The van der Waals surface area contributed by atoms with Crippen molar-refractivity contribution in [2.24, 2.45) is 5.92 Å². The van der Waals surface area contributed by atoms with Crippen LogP contribution in [-0.4, -0.2) is 30.2 Å². The Morgan fingerprint density at radius 2 is 1.84 bits per heavy atom. The van der Waals surface area contributed by atoms with Crippen LogP contribution in [0.4, 0.5) is 0 Å². The van der Waals surface area contributed by atoms with Gasteiger partial charge in [-0.05, 0) is 30.5 Å². The van der Waals surface area contributed by atoms with E-state index in [0.29, 0.717) is 19.8 Å². The van der Waals surface area contributed by atoms with Crippen LogP contribution in [-0.2, 0) is 16.1 Å². The van der Waals surface area contributed by atoms with Crippen LogP contribution in [0.3, 0.4) is 0 Å². The molecule has 1 amide bonds. The lowest BCUT2D eigenvalue weighted by Crippen LogP contribution is -2.33. The Labute approximate surface area is 111 Å². The quantitative estimate of drug-likeness (QED) is 0.861. The van der Waals surface area contributed by atoms with E-state index in [2.05, 4.69) is 5.32 Å². The van der Waals surface area contributed by atoms with Crippen LogP contribution < -0.4 is 5.32 Å². The monoisotopic (exact) mass is 263 g/mol. The van der Waals surface area contributed by atoms with Crippen molar-refractivity contribution in [3.05, 3.63) is 35.4 Å². The number of rotatable bonds is 4. The minimum atomic E-state index is -0.946. The predicted octanol–water partition coefficient (Wildman–Crippen LogP) is 1.43. The molecule has 1 aliphatic heterocycles. The molecule has 5 heteroatoms. The Morgan fingerprint density at radius 1 is 1.21 bits per heavy atom. The van der Waals surface area contributed by atoms with Crippen molar-refractivity contribution in [3.8, 4) is 0 Å². The maximum atomic E-state index is 11.9. The second kappa shape index (κ2) is 6.33. The first kappa shape index (κ1) is 13.5. The van der Waals surface area contributed by atoms with Gasteiger partial charge in [0.15, 0.2) is 0 Å². The summed E-state index contributed by atoms with van der Waals surface area (Å²) in [6.07, 6.45) is 1.54. The van der Waals surface area contributed by atoms with E-state index in [1.807, 2.05) is 0 Å². The average Bonchev–Trinajstić information content (AvgIpc) is 2.46. The topological polar surface area (TPSA) is 75.6 Å². The molecule has 0 aliphatic carbocycles. The molecule has 1 saturated heterocycles. The fraction of sp³-hybridized carbons (Fsp3) is 0.429. The number of benzene rings is 1. The van der Waals surface area contributed by atoms with Crippen molar-refractivity contribution in [2.75, 3.05) is 13.2 Å². The standard InChI is InChI=1S/C14H17NO4/c16-13(11-5-7-19-8-6-11)15-9-10-1-3-12(4-2-10)14(17)18/h1-4,11H,5-9H2,(H,15,16)(H,17,18). The molecular weight excluding hydrogens is 246 g/mol. The smallest absolute Gasteiger partial charge is 0.335 e. The van der Waals surface area contributed by atoms with Crippen molar-refractivity contribution in [3.63, 3.8) is 0 Å². The summed E-state index contributed by atoms with van der Waals surface area (Å²) in [5, 5.41) is 11.7. The number of carbonyl (C=O) groups is 2. The molecule has 0 saturated carbocycles. The lowest BCUT2D eigenvalue weighted by molar-refractivity contribution is -0.128. The van der Waals surface area contributed by atoms with Crippen molar-refractivity contribution < 1.29 is 19.4 Å². The van der Waals surface area contributed by atoms with E-state index in [-0.39, 0.29) is 17.4 Å². The van der Waals surface area contributed by atoms with Crippen LogP contribution in [0.25, 0.3) is 0 Å². The molecule has 0 unspecified atom stereocenters. The Kier molecular flexibility index (Phi) is 4.52. The molecule has 2 rings (SSSR count). The molecule has 0 atom stereocenters. The zero-order chi connectivity index (χ0) is 13.7. The highest BCUT2D eigenvalue weighted by Crippen LogP contribution is 2.14. The molecule has 19 heavy (non-hydrogen) atoms. The van der Waals surface area contributed by atoms with Crippen molar-refractivity contribution in [1.29, 1.82) is 0 Å². The highest BCUT2D eigenvalue weighted by atomic mass is 16.5. The lowest BCUT2D eigenvalue weighted by Gasteiger charge is -2.21. The van der Waals surface area contributed by atoms with Gasteiger partial charge < -0.3 is 15.2 Å². The minimum Gasteiger partial charge on any atom is -0.478 e. The SMILES string of the molecule is O=C(O)c1ccc(CNC(=O)C2CCOCC2)cc1. The van der Waals surface area contributed by atoms with Crippen LogP contribution in [0.15, 0.2) is 24.3 Å². The molecule has 0 aromatic heterocycles. The lowest BCUT2D eigenvalue weighted by atomic mass is 9.99. The molecule has 5 nitrogen and oxygen atoms in total. The second-order valence-electron chi connectivity index (χ2n) is 4.61. The van der Waals surface area contributed by atoms with Gasteiger partial charge in [0.2, 0.25) is 5.91 Å². The Balaban J connectivity index is 1.84. The van der Waals surface area contributed by atoms with Gasteiger partial charge in [0.05, 0.1) is 5.56 Å². The van der Waals surface area contributed by atoms with Crippen LogP contribution in [0.1, 0.15) is 28.8 Å². The van der Waals surface area contributed by atoms with Gasteiger partial charge >= 0.3 is 5.97 Å². The van der Waals surface area contributed by atoms with Gasteiger partial charge in [0, 0.05) is 25.7 Å². The summed E-state index contributed by atoms with van der Waals surface area (Å²) in [6.45, 7) is 1.72. The Hall–Kier alpha value is -1.88. The molecule has 0 spiro atoms. The number of hydrogen-bond donors (Lipinski definition) is 2. The van der Waals surface area contributed by atoms with Gasteiger partial charge in [-0.15, -0.1) is 0 Å². The zero-order valence-electron chi connectivity index (χ0n) is 10.6. The van der Waals surface area contributed by atoms with Crippen LogP contribution in [0, 0.1) is 5.92 Å². The largest absolute Gasteiger partial charge is 0.478 e. The molecule has 1 aliphatic rings. The summed E-state index contributed by atoms with van der Waals surface area (Å²) in [5.74, 6) is -0.865. The molecule has 0 bridgehead atoms. The molecule has 0 radical (unpaired) electrons. The van der Waals surface area contributed by atoms with E-state index in [4.69, 9.17) is 9.84 Å². The molecule has 2 N–H and O–H groups in total. The highest BCUT2D eigenvalue weighted by Gasteiger charge is 2.20. The Morgan fingerprint density at radius 3 is 2.42 bits per heavy atom. The normalized spacial score (nSPS) is 16.0. The second-order valence-corrected chi connectivity index (χ2v) is 4.61. The van der Waals surface area contributed by atoms with Crippen LogP contribution >= 0.6 is 0 Å². The van der Waals surface area contributed by atoms with Gasteiger partial charge in [-0.1, -0.05) is 12.1 Å². The molecule has 1 aromatic carbocycles. The molecule has 1 aromatic rings. The number of amides is 1. The number of carboxylic acids is 1. The van der Waals surface area contributed by atoms with E-state index in [9.17, 15) is 9.59 Å². The summed E-state index contributed by atoms with van der Waals surface area (Å²) in [4.78, 5) is 22.6. The number of hydrogen-bond acceptors (Lipinski definition) is 3. The zero-order valence-corrected chi connectivity index (χ0v) is 10.6. The Bertz CT molecular complexity index is 449. The summed E-state index contributed by atoms with van der Waals surface area (Å²) in [7, 11) is 0. The van der Waals surface area contributed by atoms with Crippen molar-refractivity contribution in [2.45, 2.75) is 19.4 Å². The third-order valence-electron chi connectivity index (χ3n) is 3.26. The van der Waals surface area contributed by atoms with Gasteiger partial charge in [0.25, 0.3) is 0 Å². The van der Waals surface area contributed by atoms with E-state index in [1.165, 1.54) is 12.1 Å². The summed E-state index contributed by atoms with van der Waals surface area (Å²) >= 11 is 0. The first-order chi connectivity index (χ1) is 9.16. The third-order valence-corrected chi connectivity index (χ3v) is 3.26. The molecular formula is C14H17NO4. The fourth-order valence-corrected chi connectivity index (χ4v) is 2.06. The van der Waals surface area contributed by atoms with E-state index in [0.717, 1.165) is 18.4 Å². The maximum Gasteiger partial charge on any atom is 0.335 e. The molecule has 102 valence electrons. The number of carboxylic acid groups (broad SMARTS) is 1. The van der Waals surface area contributed by atoms with Crippen LogP contribution in [0.2, 0.25) is 0 Å². The van der Waals surface area contributed by atoms with Gasteiger partial charge in [-0.25, -0.2) is 4.79 Å². The highest BCUT2D eigenvalue weighted by molar-refractivity contribution is 5.87. The fourth-order valence-electron chi connectivity index (χ4n) is 2.06. The summed E-state index contributed by atoms with van der Waals surface area (Å²) in [5.41, 5.74) is 1.14. The van der Waals surface area contributed by atoms with E-state index < -0.39 is 5.97 Å². The first-order valence-corrected chi connectivity index (χ1v) is 6.34. The summed E-state index contributed by atoms with van der Waals surface area (Å²) < 4.78 is 5.21.